The van der Waals surface area contributed by atoms with Gasteiger partial charge in [0.25, 0.3) is 0 Å². The van der Waals surface area contributed by atoms with Gasteiger partial charge >= 0.3 is 16.2 Å². The first kappa shape index (κ1) is 13.5. The van der Waals surface area contributed by atoms with Crippen molar-refractivity contribution in [2.45, 2.75) is 4.90 Å². The Morgan fingerprint density at radius 2 is 1.76 bits per heavy atom. The number of hydrogen-bond donors (Lipinski definition) is 1. The fraction of sp³-hybridized carbons (Fsp3) is 0. The van der Waals surface area contributed by atoms with Gasteiger partial charge in [0.15, 0.2) is 0 Å². The summed E-state index contributed by atoms with van der Waals surface area (Å²) in [4.78, 5) is 8.09. The molecule has 17 heavy (non-hydrogen) atoms. The summed E-state index contributed by atoms with van der Waals surface area (Å²) in [5, 5.41) is 8.26. The summed E-state index contributed by atoms with van der Waals surface area (Å²) in [6, 6.07) is 2.34. The van der Waals surface area contributed by atoms with Crippen LogP contribution in [0.2, 0.25) is 0 Å². The second kappa shape index (κ2) is 3.22. The number of halogens is 5. The van der Waals surface area contributed by atoms with E-state index in [-0.39, 0.29) is 17.7 Å². The van der Waals surface area contributed by atoms with Gasteiger partial charge in [-0.05, 0) is 23.8 Å². The van der Waals surface area contributed by atoms with E-state index in [0.717, 1.165) is 18.2 Å². The summed E-state index contributed by atoms with van der Waals surface area (Å²) in [6.07, 6.45) is 1.36. The Balaban J connectivity index is 3.25. The molecule has 0 unspecified atom stereocenters. The van der Waals surface area contributed by atoms with Gasteiger partial charge < -0.3 is 5.11 Å². The van der Waals surface area contributed by atoms with Gasteiger partial charge in [-0.15, -0.1) is 0 Å². The molecule has 0 aliphatic rings. The van der Waals surface area contributed by atoms with Crippen molar-refractivity contribution in [1.29, 1.82) is 0 Å². The van der Waals surface area contributed by atoms with E-state index in [2.05, 4.69) is 0 Å². The molecule has 2 nitrogen and oxygen atoms in total. The zero-order chi connectivity index (χ0) is 13.4. The number of hydrogen-bond acceptors (Lipinski definition) is 1. The number of carboxylic acids is 1. The van der Waals surface area contributed by atoms with Crippen LogP contribution in [0, 0.1) is 0 Å². The van der Waals surface area contributed by atoms with Crippen LogP contribution in [0.5, 0.6) is 0 Å². The van der Waals surface area contributed by atoms with Crippen LogP contribution in [-0.2, 0) is 4.79 Å². The maximum atomic E-state index is 12.4. The summed E-state index contributed by atoms with van der Waals surface area (Å²) in [7, 11) is -9.71. The van der Waals surface area contributed by atoms with Gasteiger partial charge in [0.1, 0.15) is 4.90 Å². The van der Waals surface area contributed by atoms with Gasteiger partial charge in [-0.3, -0.25) is 0 Å². The van der Waals surface area contributed by atoms with Crippen LogP contribution in [0.4, 0.5) is 19.4 Å². The Hall–Kier alpha value is -1.57. The van der Waals surface area contributed by atoms with E-state index in [0.29, 0.717) is 6.08 Å². The molecule has 0 heterocycles. The third kappa shape index (κ3) is 4.06. The van der Waals surface area contributed by atoms with Gasteiger partial charge in [-0.1, -0.05) is 31.6 Å². The minimum absolute atomic E-state index is 0.209. The Bertz CT molecular complexity index is 491. The normalized spacial score (nSPS) is 16.5. The van der Waals surface area contributed by atoms with Crippen LogP contribution in [-0.4, -0.2) is 11.1 Å². The molecule has 1 N–H and O–H groups in total. The largest absolute Gasteiger partial charge is 0.478 e. The van der Waals surface area contributed by atoms with E-state index in [1.165, 1.54) is 0 Å². The first-order valence-corrected chi connectivity index (χ1v) is 6.09. The van der Waals surface area contributed by atoms with Crippen LogP contribution in [0.3, 0.4) is 0 Å². The lowest BCUT2D eigenvalue weighted by Gasteiger charge is -2.40. The van der Waals surface area contributed by atoms with E-state index < -0.39 is 21.1 Å². The molecule has 1 aromatic rings. The molecule has 0 bridgehead atoms. The predicted molar refractivity (Wildman–Crippen MR) is 54.5 cm³/mol. The van der Waals surface area contributed by atoms with Crippen molar-refractivity contribution in [2.24, 2.45) is 0 Å². The molecule has 8 heteroatoms. The molecule has 0 aromatic heterocycles. The van der Waals surface area contributed by atoms with Crippen molar-refractivity contribution < 1.29 is 29.3 Å². The fourth-order valence-corrected chi connectivity index (χ4v) is 1.72. The van der Waals surface area contributed by atoms with Gasteiger partial charge in [0.05, 0.1) is 0 Å². The van der Waals surface area contributed by atoms with E-state index >= 15 is 0 Å². The number of carbonyl (C=O) groups is 1. The number of rotatable bonds is 3. The van der Waals surface area contributed by atoms with Crippen molar-refractivity contribution >= 4 is 22.3 Å². The first-order chi connectivity index (χ1) is 7.38. The molecule has 1 rings (SSSR count). The molecule has 0 fully saturated rings. The molecule has 0 saturated heterocycles. The quantitative estimate of drug-likeness (QED) is 0.653. The van der Waals surface area contributed by atoms with Crippen LogP contribution in [0.15, 0.2) is 35.2 Å². The van der Waals surface area contributed by atoms with Crippen molar-refractivity contribution in [1.82, 2.24) is 0 Å². The van der Waals surface area contributed by atoms with Gasteiger partial charge in [-0.25, -0.2) is 4.79 Å². The van der Waals surface area contributed by atoms with E-state index in [4.69, 9.17) is 5.11 Å². The average molecular weight is 274 g/mol. The van der Waals surface area contributed by atoms with Gasteiger partial charge in [-0.2, -0.15) is 0 Å². The highest BCUT2D eigenvalue weighted by Gasteiger charge is 2.65. The minimum Gasteiger partial charge on any atom is -0.478 e. The highest BCUT2D eigenvalue weighted by Crippen LogP contribution is 3.02. The molecule has 0 aliphatic carbocycles. The summed E-state index contributed by atoms with van der Waals surface area (Å²) < 4.78 is 61.9. The van der Waals surface area contributed by atoms with Crippen molar-refractivity contribution in [3.8, 4) is 0 Å². The maximum Gasteiger partial charge on any atom is 0.328 e. The summed E-state index contributed by atoms with van der Waals surface area (Å²) in [5.41, 5.74) is -0.266. The number of benzene rings is 1. The second-order valence-corrected chi connectivity index (χ2v) is 5.62. The summed E-state index contributed by atoms with van der Waals surface area (Å²) in [5.74, 6) is -1.39. The fourth-order valence-electron chi connectivity index (χ4n) is 1.03. The molecular weight excluding hydrogens is 267 g/mol. The standard InChI is InChI=1S/C9H7F5O2S/c10-17(11,12,13,14)8-3-1-2-7(6-8)4-5-9(15)16/h1-6H,(H,15,16). The monoisotopic (exact) mass is 274 g/mol. The second-order valence-electron chi connectivity index (χ2n) is 3.21. The Labute approximate surface area is 93.1 Å². The van der Waals surface area contributed by atoms with Gasteiger partial charge in [0, 0.05) is 6.08 Å². The Kier molecular flexibility index (Phi) is 2.56. The van der Waals surface area contributed by atoms with E-state index in [1.54, 1.807) is 0 Å². The lowest BCUT2D eigenvalue weighted by molar-refractivity contribution is -0.131. The molecule has 1 aromatic carbocycles. The number of carboxylic acid groups (broad SMARTS) is 1. The number of aliphatic carboxylic acids is 1. The lowest BCUT2D eigenvalue weighted by Crippen LogP contribution is -2.05. The zero-order valence-electron chi connectivity index (χ0n) is 8.12. The van der Waals surface area contributed by atoms with E-state index in [9.17, 15) is 24.2 Å². The maximum absolute atomic E-state index is 12.4. The molecule has 0 radical (unpaired) electrons. The summed E-state index contributed by atoms with van der Waals surface area (Å²) in [6.45, 7) is 0. The van der Waals surface area contributed by atoms with Crippen LogP contribution in [0.25, 0.3) is 6.08 Å². The molecule has 0 amide bonds. The van der Waals surface area contributed by atoms with E-state index in [1.807, 2.05) is 0 Å². The Morgan fingerprint density at radius 3 is 2.24 bits per heavy atom. The van der Waals surface area contributed by atoms with Crippen molar-refractivity contribution in [3.63, 3.8) is 0 Å². The molecule has 0 spiro atoms. The van der Waals surface area contributed by atoms with Crippen molar-refractivity contribution in [2.75, 3.05) is 0 Å². The molecule has 0 saturated carbocycles. The SMILES string of the molecule is O=C(O)C=Cc1cccc(S(F)(F)(F)(F)F)c1. The van der Waals surface area contributed by atoms with Crippen LogP contribution in [0.1, 0.15) is 5.56 Å². The molecule has 96 valence electrons. The molecule has 0 aliphatic heterocycles. The lowest BCUT2D eigenvalue weighted by atomic mass is 10.2. The first-order valence-electron chi connectivity index (χ1n) is 4.14. The Morgan fingerprint density at radius 1 is 1.18 bits per heavy atom. The molecule has 0 atom stereocenters. The highest BCUT2D eigenvalue weighted by atomic mass is 32.5. The zero-order valence-corrected chi connectivity index (χ0v) is 8.93. The minimum atomic E-state index is -9.71. The predicted octanol–water partition coefficient (Wildman–Crippen LogP) is 4.44. The topological polar surface area (TPSA) is 37.3 Å². The van der Waals surface area contributed by atoms with Crippen molar-refractivity contribution in [3.05, 3.63) is 35.9 Å². The highest BCUT2D eigenvalue weighted by molar-refractivity contribution is 8.45. The third-order valence-electron chi connectivity index (χ3n) is 1.72. The van der Waals surface area contributed by atoms with Crippen LogP contribution < -0.4 is 0 Å². The van der Waals surface area contributed by atoms with Crippen LogP contribution >= 0.6 is 10.2 Å². The molecular formula is C9H7F5O2S. The average Bonchev–Trinajstić information content (AvgIpc) is 2.12. The third-order valence-corrected chi connectivity index (χ3v) is 2.87. The smallest absolute Gasteiger partial charge is 0.328 e. The summed E-state index contributed by atoms with van der Waals surface area (Å²) >= 11 is 0. The van der Waals surface area contributed by atoms with Gasteiger partial charge in [0.2, 0.25) is 0 Å².